The Morgan fingerprint density at radius 1 is 1.32 bits per heavy atom. The van der Waals surface area contributed by atoms with Crippen LogP contribution in [0.15, 0.2) is 18.2 Å². The van der Waals surface area contributed by atoms with E-state index >= 15 is 0 Å². The topological polar surface area (TPSA) is 35.5 Å². The Balaban J connectivity index is 0.00000162. The van der Waals surface area contributed by atoms with Crippen LogP contribution in [0.5, 0.6) is 5.75 Å². The number of rotatable bonds is 3. The van der Waals surface area contributed by atoms with Crippen molar-refractivity contribution in [3.8, 4) is 5.75 Å². The molecule has 1 heterocycles. The number of phenols is 1. The quantitative estimate of drug-likeness (QED) is 0.900. The number of piperazine rings is 1. The van der Waals surface area contributed by atoms with Crippen LogP contribution in [0.3, 0.4) is 0 Å². The molecule has 0 spiro atoms. The number of para-hydroxylation sites is 1. The van der Waals surface area contributed by atoms with Crippen molar-refractivity contribution < 1.29 is 9.50 Å². The molecule has 0 aliphatic carbocycles. The third kappa shape index (κ3) is 4.21. The fourth-order valence-electron chi connectivity index (χ4n) is 2.32. The second-order valence-electron chi connectivity index (χ2n) is 4.47. The molecule has 3 nitrogen and oxygen atoms in total. The highest BCUT2D eigenvalue weighted by molar-refractivity contribution is 5.85. The van der Waals surface area contributed by atoms with Crippen LogP contribution >= 0.6 is 24.8 Å². The number of aromatic hydroxyl groups is 1. The first-order valence-corrected chi connectivity index (χ1v) is 6.03. The fraction of sp³-hybridized carbons (Fsp3) is 0.538. The van der Waals surface area contributed by atoms with Gasteiger partial charge in [-0.2, -0.15) is 0 Å². The van der Waals surface area contributed by atoms with E-state index in [0.717, 1.165) is 31.7 Å². The van der Waals surface area contributed by atoms with Gasteiger partial charge in [-0.1, -0.05) is 18.2 Å². The molecule has 0 bridgehead atoms. The molecule has 1 atom stereocenters. The van der Waals surface area contributed by atoms with E-state index in [1.54, 1.807) is 0 Å². The zero-order valence-corrected chi connectivity index (χ0v) is 12.6. The second-order valence-corrected chi connectivity index (χ2v) is 4.47. The molecule has 0 aromatic heterocycles. The number of alkyl halides is 1. The molecule has 0 unspecified atom stereocenters. The van der Waals surface area contributed by atoms with Crippen molar-refractivity contribution in [2.24, 2.45) is 0 Å². The molecule has 19 heavy (non-hydrogen) atoms. The number of nitrogens with zero attached hydrogens (tertiary/aromatic N) is 1. The maximum Gasteiger partial charge on any atom is 0.123 e. The first-order valence-electron chi connectivity index (χ1n) is 6.03. The lowest BCUT2D eigenvalue weighted by Crippen LogP contribution is -2.45. The van der Waals surface area contributed by atoms with Crippen molar-refractivity contribution >= 4 is 24.8 Å². The van der Waals surface area contributed by atoms with E-state index in [9.17, 15) is 9.50 Å². The van der Waals surface area contributed by atoms with Crippen LogP contribution in [-0.4, -0.2) is 42.9 Å². The summed E-state index contributed by atoms with van der Waals surface area (Å²) in [5, 5.41) is 13.3. The largest absolute Gasteiger partial charge is 0.507 e. The van der Waals surface area contributed by atoms with Gasteiger partial charge >= 0.3 is 0 Å². The smallest absolute Gasteiger partial charge is 0.123 e. The summed E-state index contributed by atoms with van der Waals surface area (Å²) in [7, 11) is 0. The molecule has 1 aromatic carbocycles. The molecule has 0 amide bonds. The maximum atomic E-state index is 13.3. The van der Waals surface area contributed by atoms with E-state index in [0.29, 0.717) is 5.56 Å². The van der Waals surface area contributed by atoms with Crippen LogP contribution in [0.25, 0.3) is 0 Å². The van der Waals surface area contributed by atoms with Crippen molar-refractivity contribution in [3.63, 3.8) is 0 Å². The van der Waals surface area contributed by atoms with Gasteiger partial charge in [0.15, 0.2) is 0 Å². The number of nitrogens with one attached hydrogen (secondary N) is 1. The van der Waals surface area contributed by atoms with Gasteiger partial charge in [0, 0.05) is 31.7 Å². The summed E-state index contributed by atoms with van der Waals surface area (Å²) in [5.41, 5.74) is 1.51. The summed E-state index contributed by atoms with van der Waals surface area (Å²) in [6.45, 7) is 4.78. The number of aryl methyl sites for hydroxylation is 1. The molecule has 110 valence electrons. The molecule has 1 aromatic rings. The van der Waals surface area contributed by atoms with Crippen molar-refractivity contribution in [2.75, 3.05) is 32.9 Å². The van der Waals surface area contributed by atoms with E-state index < -0.39 is 6.67 Å². The molecule has 1 aliphatic rings. The molecule has 2 N–H and O–H groups in total. The van der Waals surface area contributed by atoms with Crippen LogP contribution in [0, 0.1) is 6.92 Å². The summed E-state index contributed by atoms with van der Waals surface area (Å²) in [6, 6.07) is 5.20. The molecular formula is C13H21Cl2FN2O. The van der Waals surface area contributed by atoms with Crippen molar-refractivity contribution in [1.29, 1.82) is 0 Å². The standard InChI is InChI=1S/C13H19FN2O.2ClH/c1-10-3-2-4-11(13(10)17)12(9-14)16-7-5-15-6-8-16;;/h2-4,12,15,17H,5-9H2,1H3;2*1H/t12-;;/m0../s1. The minimum absolute atomic E-state index is 0. The van der Waals surface area contributed by atoms with Crippen LogP contribution in [0.4, 0.5) is 4.39 Å². The zero-order chi connectivity index (χ0) is 12.3. The van der Waals surface area contributed by atoms with Gasteiger partial charge in [-0.05, 0) is 12.5 Å². The highest BCUT2D eigenvalue weighted by atomic mass is 35.5. The molecule has 1 fully saturated rings. The lowest BCUT2D eigenvalue weighted by atomic mass is 10.0. The Bertz CT molecular complexity index is 387. The predicted molar refractivity (Wildman–Crippen MR) is 80.5 cm³/mol. The Morgan fingerprint density at radius 3 is 2.53 bits per heavy atom. The lowest BCUT2D eigenvalue weighted by molar-refractivity contribution is 0.145. The molecular weight excluding hydrogens is 290 g/mol. The van der Waals surface area contributed by atoms with E-state index in [1.807, 2.05) is 25.1 Å². The zero-order valence-electron chi connectivity index (χ0n) is 10.9. The summed E-state index contributed by atoms with van der Waals surface area (Å²) in [6.07, 6.45) is 0. The average Bonchev–Trinajstić information content (AvgIpc) is 2.37. The number of hydrogen-bond donors (Lipinski definition) is 2. The van der Waals surface area contributed by atoms with Crippen LogP contribution in [0.2, 0.25) is 0 Å². The first-order chi connectivity index (χ1) is 8.24. The fourth-order valence-corrected chi connectivity index (χ4v) is 2.32. The van der Waals surface area contributed by atoms with Crippen LogP contribution < -0.4 is 5.32 Å². The third-order valence-electron chi connectivity index (χ3n) is 3.37. The monoisotopic (exact) mass is 310 g/mol. The predicted octanol–water partition coefficient (Wildman–Crippen LogP) is 2.46. The van der Waals surface area contributed by atoms with Gasteiger partial charge in [-0.3, -0.25) is 4.90 Å². The summed E-state index contributed by atoms with van der Waals surface area (Å²) >= 11 is 0. The van der Waals surface area contributed by atoms with Crippen molar-refractivity contribution in [2.45, 2.75) is 13.0 Å². The van der Waals surface area contributed by atoms with Crippen molar-refractivity contribution in [3.05, 3.63) is 29.3 Å². The molecule has 2 rings (SSSR count). The van der Waals surface area contributed by atoms with Gasteiger partial charge in [0.1, 0.15) is 12.4 Å². The minimum atomic E-state index is -0.461. The van der Waals surface area contributed by atoms with E-state index in [4.69, 9.17) is 0 Å². The summed E-state index contributed by atoms with van der Waals surface area (Å²) in [4.78, 5) is 2.09. The highest BCUT2D eigenvalue weighted by Crippen LogP contribution is 2.31. The summed E-state index contributed by atoms with van der Waals surface area (Å²) < 4.78 is 13.3. The first kappa shape index (κ1) is 18.4. The van der Waals surface area contributed by atoms with E-state index in [-0.39, 0.29) is 36.6 Å². The number of hydrogen-bond acceptors (Lipinski definition) is 3. The summed E-state index contributed by atoms with van der Waals surface area (Å²) in [5.74, 6) is 0.230. The highest BCUT2D eigenvalue weighted by Gasteiger charge is 2.24. The third-order valence-corrected chi connectivity index (χ3v) is 3.37. The number of halogens is 3. The number of phenolic OH excluding ortho intramolecular Hbond substituents is 1. The van der Waals surface area contributed by atoms with Gasteiger partial charge in [-0.25, -0.2) is 4.39 Å². The van der Waals surface area contributed by atoms with Gasteiger partial charge in [0.2, 0.25) is 0 Å². The Hall–Kier alpha value is -0.550. The van der Waals surface area contributed by atoms with E-state index in [1.165, 1.54) is 0 Å². The van der Waals surface area contributed by atoms with E-state index in [2.05, 4.69) is 10.2 Å². The van der Waals surface area contributed by atoms with Crippen LogP contribution in [0.1, 0.15) is 17.2 Å². The number of benzene rings is 1. The van der Waals surface area contributed by atoms with Gasteiger partial charge in [0.25, 0.3) is 0 Å². The molecule has 0 radical (unpaired) electrons. The van der Waals surface area contributed by atoms with Gasteiger partial charge < -0.3 is 10.4 Å². The lowest BCUT2D eigenvalue weighted by Gasteiger charge is -2.34. The van der Waals surface area contributed by atoms with Gasteiger partial charge in [-0.15, -0.1) is 24.8 Å². The Labute approximate surface area is 126 Å². The molecule has 1 saturated heterocycles. The minimum Gasteiger partial charge on any atom is -0.507 e. The average molecular weight is 311 g/mol. The van der Waals surface area contributed by atoms with Crippen LogP contribution in [-0.2, 0) is 0 Å². The molecule has 6 heteroatoms. The normalized spacial score (nSPS) is 17.2. The molecule has 0 saturated carbocycles. The van der Waals surface area contributed by atoms with Crippen molar-refractivity contribution in [1.82, 2.24) is 10.2 Å². The Morgan fingerprint density at radius 2 is 1.95 bits per heavy atom. The van der Waals surface area contributed by atoms with Gasteiger partial charge in [0.05, 0.1) is 6.04 Å². The second kappa shape index (κ2) is 8.59. The Kier molecular flexibility index (Phi) is 8.34. The maximum absolute atomic E-state index is 13.3. The molecule has 1 aliphatic heterocycles. The SMILES string of the molecule is Cc1cccc([C@H](CF)N2CCNCC2)c1O.Cl.Cl.